The van der Waals surface area contributed by atoms with E-state index < -0.39 is 0 Å². The van der Waals surface area contributed by atoms with Crippen molar-refractivity contribution < 1.29 is 4.74 Å². The molecule has 0 aromatic heterocycles. The lowest BCUT2D eigenvalue weighted by Crippen LogP contribution is -2.26. The molecule has 1 saturated heterocycles. The van der Waals surface area contributed by atoms with Crippen molar-refractivity contribution in [3.8, 4) is 0 Å². The van der Waals surface area contributed by atoms with Gasteiger partial charge in [0.05, 0.1) is 17.0 Å². The zero-order chi connectivity index (χ0) is 6.43. The molecule has 0 aromatic carbocycles. The Hall–Kier alpha value is 0.920. The van der Waals surface area contributed by atoms with Gasteiger partial charge in [0, 0.05) is 4.83 Å². The summed E-state index contributed by atoms with van der Waals surface area (Å²) in [7, 11) is 0. The highest BCUT2D eigenvalue weighted by atomic mass is 79.9. The Morgan fingerprint density at radius 3 is 2.67 bits per heavy atom. The van der Waals surface area contributed by atoms with Crippen molar-refractivity contribution in [2.24, 2.45) is 0 Å². The second kappa shape index (κ2) is 2.21. The second-order valence-electron chi connectivity index (χ2n) is 2.68. The van der Waals surface area contributed by atoms with Crippen LogP contribution < -0.4 is 0 Å². The van der Waals surface area contributed by atoms with Crippen LogP contribution in [-0.2, 0) is 4.74 Å². The van der Waals surface area contributed by atoms with Crippen molar-refractivity contribution in [3.63, 3.8) is 0 Å². The van der Waals surface area contributed by atoms with Crippen LogP contribution in [0.25, 0.3) is 0 Å². The Bertz CT molecular complexity index is 126. The van der Waals surface area contributed by atoms with E-state index in [-0.39, 0.29) is 0 Å². The summed E-state index contributed by atoms with van der Waals surface area (Å²) in [4.78, 5) is 1.18. The summed E-state index contributed by atoms with van der Waals surface area (Å²) in [5.74, 6) is 0. The van der Waals surface area contributed by atoms with Gasteiger partial charge in [-0.25, -0.2) is 0 Å². The lowest BCUT2D eigenvalue weighted by atomic mass is 10.0. The van der Waals surface area contributed by atoms with Crippen molar-refractivity contribution in [1.29, 1.82) is 0 Å². The molecule has 1 saturated carbocycles. The highest BCUT2D eigenvalue weighted by molar-refractivity contribution is 9.12. The van der Waals surface area contributed by atoms with Gasteiger partial charge >= 0.3 is 0 Å². The molecule has 0 bridgehead atoms. The predicted octanol–water partition coefficient (Wildman–Crippen LogP) is 2.07. The molecule has 2 rings (SSSR count). The van der Waals surface area contributed by atoms with E-state index in [1.807, 2.05) is 0 Å². The van der Waals surface area contributed by atoms with E-state index in [1.165, 1.54) is 12.8 Å². The monoisotopic (exact) mass is 254 g/mol. The standard InChI is InChI=1S/C6H8Br2O/c7-3-1-2-4-6(9-4)5(3)8/h3-6H,1-2H2. The summed E-state index contributed by atoms with van der Waals surface area (Å²) in [5, 5.41) is 0. The number of alkyl halides is 2. The first-order valence-electron chi connectivity index (χ1n) is 3.22. The van der Waals surface area contributed by atoms with Gasteiger partial charge < -0.3 is 4.74 Å². The fourth-order valence-corrected chi connectivity index (χ4v) is 2.65. The molecule has 2 fully saturated rings. The summed E-state index contributed by atoms with van der Waals surface area (Å²) in [6, 6.07) is 0. The number of hydrogen-bond donors (Lipinski definition) is 0. The molecule has 9 heavy (non-hydrogen) atoms. The molecular weight excluding hydrogens is 248 g/mol. The maximum absolute atomic E-state index is 5.38. The van der Waals surface area contributed by atoms with Gasteiger partial charge in [-0.15, -0.1) is 0 Å². The minimum absolute atomic E-state index is 0.517. The highest BCUT2D eigenvalue weighted by Crippen LogP contribution is 2.42. The fraction of sp³-hybridized carbons (Fsp3) is 1.00. The molecule has 0 spiro atoms. The van der Waals surface area contributed by atoms with Crippen LogP contribution in [0.5, 0.6) is 0 Å². The zero-order valence-corrected chi connectivity index (χ0v) is 8.06. The average Bonchev–Trinajstić information content (AvgIpc) is 2.58. The van der Waals surface area contributed by atoms with Crippen LogP contribution in [0, 0.1) is 0 Å². The molecule has 52 valence electrons. The zero-order valence-electron chi connectivity index (χ0n) is 4.89. The third kappa shape index (κ3) is 1.08. The molecule has 0 amide bonds. The third-order valence-electron chi connectivity index (χ3n) is 2.01. The van der Waals surface area contributed by atoms with Gasteiger partial charge in [-0.3, -0.25) is 0 Å². The molecule has 1 heterocycles. The van der Waals surface area contributed by atoms with Gasteiger partial charge in [-0.1, -0.05) is 31.9 Å². The van der Waals surface area contributed by atoms with Gasteiger partial charge in [0.25, 0.3) is 0 Å². The molecule has 0 aromatic rings. The van der Waals surface area contributed by atoms with E-state index in [9.17, 15) is 0 Å². The van der Waals surface area contributed by atoms with Crippen molar-refractivity contribution in [2.75, 3.05) is 0 Å². The number of rotatable bonds is 0. The molecule has 0 radical (unpaired) electrons. The molecule has 3 heteroatoms. The summed E-state index contributed by atoms with van der Waals surface area (Å²) >= 11 is 7.18. The highest BCUT2D eigenvalue weighted by Gasteiger charge is 2.49. The minimum atomic E-state index is 0.517. The number of hydrogen-bond acceptors (Lipinski definition) is 1. The predicted molar refractivity (Wildman–Crippen MR) is 43.3 cm³/mol. The van der Waals surface area contributed by atoms with Crippen LogP contribution in [-0.4, -0.2) is 21.9 Å². The van der Waals surface area contributed by atoms with Crippen LogP contribution in [0.3, 0.4) is 0 Å². The first-order chi connectivity index (χ1) is 4.29. The smallest absolute Gasteiger partial charge is 0.0977 e. The van der Waals surface area contributed by atoms with Gasteiger partial charge in [0.2, 0.25) is 0 Å². The Labute approximate surface area is 71.4 Å². The lowest BCUT2D eigenvalue weighted by molar-refractivity contribution is 0.376. The largest absolute Gasteiger partial charge is 0.368 e. The fourth-order valence-electron chi connectivity index (χ4n) is 1.36. The molecule has 1 aliphatic heterocycles. The maximum Gasteiger partial charge on any atom is 0.0977 e. The Balaban J connectivity index is 2.02. The Morgan fingerprint density at radius 2 is 2.00 bits per heavy atom. The first kappa shape index (κ1) is 6.62. The van der Waals surface area contributed by atoms with Gasteiger partial charge in [-0.2, -0.15) is 0 Å². The van der Waals surface area contributed by atoms with Crippen molar-refractivity contribution >= 4 is 31.9 Å². The normalized spacial score (nSPS) is 56.7. The van der Waals surface area contributed by atoms with E-state index >= 15 is 0 Å². The number of halogens is 2. The van der Waals surface area contributed by atoms with Crippen LogP contribution >= 0.6 is 31.9 Å². The molecule has 2 aliphatic rings. The first-order valence-corrected chi connectivity index (χ1v) is 5.06. The van der Waals surface area contributed by atoms with Crippen molar-refractivity contribution in [1.82, 2.24) is 0 Å². The molecule has 0 N–H and O–H groups in total. The van der Waals surface area contributed by atoms with Crippen LogP contribution in [0.2, 0.25) is 0 Å². The van der Waals surface area contributed by atoms with E-state index in [0.717, 1.165) is 0 Å². The van der Waals surface area contributed by atoms with Crippen molar-refractivity contribution in [2.45, 2.75) is 34.7 Å². The third-order valence-corrected chi connectivity index (χ3v) is 4.90. The van der Waals surface area contributed by atoms with Gasteiger partial charge in [0.15, 0.2) is 0 Å². The molecule has 1 aliphatic carbocycles. The average molecular weight is 256 g/mol. The van der Waals surface area contributed by atoms with E-state index in [4.69, 9.17) is 4.74 Å². The van der Waals surface area contributed by atoms with Gasteiger partial charge in [0.1, 0.15) is 0 Å². The lowest BCUT2D eigenvalue weighted by Gasteiger charge is -2.17. The molecule has 4 unspecified atom stereocenters. The van der Waals surface area contributed by atoms with E-state index in [0.29, 0.717) is 21.9 Å². The maximum atomic E-state index is 5.38. The Kier molecular flexibility index (Phi) is 1.62. The second-order valence-corrected chi connectivity index (χ2v) is 4.91. The number of fused-ring (bicyclic) bond motifs is 1. The van der Waals surface area contributed by atoms with Crippen LogP contribution in [0.1, 0.15) is 12.8 Å². The van der Waals surface area contributed by atoms with E-state index in [1.54, 1.807) is 0 Å². The van der Waals surface area contributed by atoms with Gasteiger partial charge in [-0.05, 0) is 12.8 Å². The van der Waals surface area contributed by atoms with Crippen LogP contribution in [0.15, 0.2) is 0 Å². The summed E-state index contributed by atoms with van der Waals surface area (Å²) < 4.78 is 5.38. The molecule has 1 nitrogen and oxygen atoms in total. The van der Waals surface area contributed by atoms with E-state index in [2.05, 4.69) is 31.9 Å². The molecule has 4 atom stereocenters. The minimum Gasteiger partial charge on any atom is -0.368 e. The summed E-state index contributed by atoms with van der Waals surface area (Å²) in [5.41, 5.74) is 0. The topological polar surface area (TPSA) is 12.5 Å². The summed E-state index contributed by atoms with van der Waals surface area (Å²) in [6.45, 7) is 0. The molecular formula is C6H8Br2O. The SMILES string of the molecule is BrC1CCC2OC2C1Br. The quantitative estimate of drug-likeness (QED) is 0.477. The summed E-state index contributed by atoms with van der Waals surface area (Å²) in [6.07, 6.45) is 3.59. The number of epoxide rings is 1. The number of ether oxygens (including phenoxy) is 1. The Morgan fingerprint density at radius 1 is 1.22 bits per heavy atom. The van der Waals surface area contributed by atoms with Crippen molar-refractivity contribution in [3.05, 3.63) is 0 Å². The van der Waals surface area contributed by atoms with Crippen LogP contribution in [0.4, 0.5) is 0 Å².